The zero-order valence-electron chi connectivity index (χ0n) is 14.1. The number of fused-ring (bicyclic) bond motifs is 2. The van der Waals surface area contributed by atoms with Crippen LogP contribution < -0.4 is 0 Å². The zero-order chi connectivity index (χ0) is 17.6. The summed E-state index contributed by atoms with van der Waals surface area (Å²) in [6, 6.07) is 15.6. The van der Waals surface area contributed by atoms with E-state index in [1.54, 1.807) is 9.80 Å². The molecule has 4 rings (SSSR count). The number of hydrogen-bond donors (Lipinski definition) is 1. The van der Waals surface area contributed by atoms with Crippen molar-refractivity contribution >= 4 is 11.8 Å². The Kier molecular flexibility index (Phi) is 3.62. The molecule has 0 saturated carbocycles. The van der Waals surface area contributed by atoms with E-state index in [2.05, 4.69) is 0 Å². The lowest BCUT2D eigenvalue weighted by Gasteiger charge is -2.30. The smallest absolute Gasteiger partial charge is 0.264 e. The Morgan fingerprint density at radius 2 is 1.04 bits per heavy atom. The van der Waals surface area contributed by atoms with Crippen LogP contribution in [0, 0.1) is 0 Å². The molecule has 1 N–H and O–H groups in total. The summed E-state index contributed by atoms with van der Waals surface area (Å²) < 4.78 is 0. The first-order chi connectivity index (χ1) is 12.0. The third kappa shape index (κ3) is 2.61. The molecular formula is C20H20N2O3. The van der Waals surface area contributed by atoms with Crippen LogP contribution in [0.2, 0.25) is 0 Å². The van der Waals surface area contributed by atoms with Crippen LogP contribution in [0.4, 0.5) is 0 Å². The van der Waals surface area contributed by atoms with E-state index >= 15 is 0 Å². The van der Waals surface area contributed by atoms with E-state index < -0.39 is 17.4 Å². The highest BCUT2D eigenvalue weighted by molar-refractivity contribution is 6.07. The van der Waals surface area contributed by atoms with Gasteiger partial charge in [0.1, 0.15) is 0 Å². The average molecular weight is 336 g/mol. The van der Waals surface area contributed by atoms with Crippen LogP contribution in [0.5, 0.6) is 0 Å². The largest absolute Gasteiger partial charge is 0.372 e. The van der Waals surface area contributed by atoms with E-state index in [9.17, 15) is 14.7 Å². The highest BCUT2D eigenvalue weighted by Gasteiger charge is 2.46. The van der Waals surface area contributed by atoms with E-state index in [4.69, 9.17) is 0 Å². The molecule has 0 aliphatic carbocycles. The van der Waals surface area contributed by atoms with Gasteiger partial charge in [0.2, 0.25) is 5.60 Å². The molecule has 128 valence electrons. The number of benzene rings is 2. The van der Waals surface area contributed by atoms with Gasteiger partial charge >= 0.3 is 0 Å². The maximum absolute atomic E-state index is 12.8. The van der Waals surface area contributed by atoms with Gasteiger partial charge in [-0.1, -0.05) is 48.5 Å². The molecule has 2 heterocycles. The van der Waals surface area contributed by atoms with Gasteiger partial charge in [0.05, 0.1) is 0 Å². The van der Waals surface area contributed by atoms with E-state index in [1.807, 2.05) is 48.5 Å². The number of hydrogen-bond acceptors (Lipinski definition) is 3. The average Bonchev–Trinajstić information content (AvgIpc) is 3.23. The van der Waals surface area contributed by atoms with E-state index in [0.717, 1.165) is 22.3 Å². The molecular weight excluding hydrogens is 316 g/mol. The maximum Gasteiger partial charge on any atom is 0.264 e. The standard InChI is InChI=1S/C20H20N2O3/c1-20(25,18(23)21-10-14-6-2-3-7-15(14)11-21)19(24)22-12-16-8-4-5-9-17(16)13-22/h2-9,25H,10-13H2,1H3. The van der Waals surface area contributed by atoms with Crippen molar-refractivity contribution < 1.29 is 14.7 Å². The summed E-state index contributed by atoms with van der Waals surface area (Å²) in [5.41, 5.74) is 2.20. The van der Waals surface area contributed by atoms with Gasteiger partial charge in [0.15, 0.2) is 0 Å². The summed E-state index contributed by atoms with van der Waals surface area (Å²) in [6.45, 7) is 3.03. The monoisotopic (exact) mass is 336 g/mol. The molecule has 2 aromatic carbocycles. The van der Waals surface area contributed by atoms with Crippen molar-refractivity contribution in [2.45, 2.75) is 38.7 Å². The number of rotatable bonds is 2. The summed E-state index contributed by atoms with van der Waals surface area (Å²) in [7, 11) is 0. The molecule has 2 aliphatic rings. The van der Waals surface area contributed by atoms with Gasteiger partial charge in [-0.3, -0.25) is 9.59 Å². The van der Waals surface area contributed by atoms with Gasteiger partial charge in [-0.25, -0.2) is 0 Å². The lowest BCUT2D eigenvalue weighted by Crippen LogP contribution is -2.55. The predicted molar refractivity (Wildman–Crippen MR) is 92.0 cm³/mol. The molecule has 5 nitrogen and oxygen atoms in total. The van der Waals surface area contributed by atoms with Crippen LogP contribution in [0.3, 0.4) is 0 Å². The Bertz CT molecular complexity index is 740. The lowest BCUT2D eigenvalue weighted by atomic mass is 10.0. The van der Waals surface area contributed by atoms with Gasteiger partial charge in [0.25, 0.3) is 11.8 Å². The number of amides is 2. The van der Waals surface area contributed by atoms with E-state index in [1.165, 1.54) is 6.92 Å². The second kappa shape index (κ2) is 5.70. The Labute approximate surface area is 146 Å². The molecule has 0 fully saturated rings. The second-order valence-electron chi connectivity index (χ2n) is 6.93. The van der Waals surface area contributed by atoms with Crippen molar-refractivity contribution in [3.63, 3.8) is 0 Å². The molecule has 0 atom stereocenters. The summed E-state index contributed by atoms with van der Waals surface area (Å²) in [4.78, 5) is 28.8. The molecule has 25 heavy (non-hydrogen) atoms. The van der Waals surface area contributed by atoms with Gasteiger partial charge in [0, 0.05) is 26.2 Å². The number of carbonyl (C=O) groups excluding carboxylic acids is 2. The fraction of sp³-hybridized carbons (Fsp3) is 0.300. The SMILES string of the molecule is CC(O)(C(=O)N1Cc2ccccc2C1)C(=O)N1Cc2ccccc2C1. The minimum absolute atomic E-state index is 0.429. The topological polar surface area (TPSA) is 60.9 Å². The predicted octanol–water partition coefficient (Wildman–Crippen LogP) is 1.82. The molecule has 2 aromatic rings. The van der Waals surface area contributed by atoms with Crippen LogP contribution in [-0.4, -0.2) is 32.3 Å². The van der Waals surface area contributed by atoms with Gasteiger partial charge in [-0.2, -0.15) is 0 Å². The van der Waals surface area contributed by atoms with Crippen LogP contribution in [0.1, 0.15) is 29.2 Å². The molecule has 2 aliphatic heterocycles. The summed E-state index contributed by atoms with van der Waals surface area (Å²) in [5, 5.41) is 10.7. The molecule has 0 aromatic heterocycles. The van der Waals surface area contributed by atoms with Crippen LogP contribution in [0.15, 0.2) is 48.5 Å². The molecule has 0 radical (unpaired) electrons. The molecule has 0 bridgehead atoms. The Morgan fingerprint density at radius 3 is 1.32 bits per heavy atom. The quantitative estimate of drug-likeness (QED) is 0.851. The van der Waals surface area contributed by atoms with E-state index in [0.29, 0.717) is 26.2 Å². The van der Waals surface area contributed by atoms with Crippen molar-refractivity contribution in [1.29, 1.82) is 0 Å². The maximum atomic E-state index is 12.8. The summed E-state index contributed by atoms with van der Waals surface area (Å²) >= 11 is 0. The van der Waals surface area contributed by atoms with Crippen molar-refractivity contribution in [3.05, 3.63) is 70.8 Å². The van der Waals surface area contributed by atoms with Crippen molar-refractivity contribution in [3.8, 4) is 0 Å². The van der Waals surface area contributed by atoms with Crippen molar-refractivity contribution in [1.82, 2.24) is 9.80 Å². The Morgan fingerprint density at radius 1 is 0.760 bits per heavy atom. The minimum atomic E-state index is -2.05. The fourth-order valence-corrected chi connectivity index (χ4v) is 3.66. The van der Waals surface area contributed by atoms with Gasteiger partial charge in [-0.05, 0) is 29.2 Å². The summed E-state index contributed by atoms with van der Waals surface area (Å²) in [5.74, 6) is -1.07. The van der Waals surface area contributed by atoms with Crippen molar-refractivity contribution in [2.75, 3.05) is 0 Å². The minimum Gasteiger partial charge on any atom is -0.372 e. The van der Waals surface area contributed by atoms with Gasteiger partial charge < -0.3 is 14.9 Å². The fourth-order valence-electron chi connectivity index (χ4n) is 3.66. The third-order valence-electron chi connectivity index (χ3n) is 5.09. The van der Waals surface area contributed by atoms with Crippen LogP contribution in [0.25, 0.3) is 0 Å². The third-order valence-corrected chi connectivity index (χ3v) is 5.09. The number of carbonyl (C=O) groups is 2. The lowest BCUT2D eigenvalue weighted by molar-refractivity contribution is -0.166. The first kappa shape index (κ1) is 15.8. The normalized spacial score (nSPS) is 15.9. The molecule has 2 amide bonds. The molecule has 5 heteroatoms. The number of nitrogens with zero attached hydrogens (tertiary/aromatic N) is 2. The first-order valence-electron chi connectivity index (χ1n) is 8.41. The summed E-state index contributed by atoms with van der Waals surface area (Å²) in [6.07, 6.45) is 0. The highest BCUT2D eigenvalue weighted by Crippen LogP contribution is 2.28. The molecule has 0 unspecified atom stereocenters. The molecule has 0 saturated heterocycles. The van der Waals surface area contributed by atoms with Crippen LogP contribution in [-0.2, 0) is 35.8 Å². The van der Waals surface area contributed by atoms with Gasteiger partial charge in [-0.15, -0.1) is 0 Å². The van der Waals surface area contributed by atoms with E-state index in [-0.39, 0.29) is 0 Å². The Balaban J connectivity index is 1.50. The van der Waals surface area contributed by atoms with Crippen LogP contribution >= 0.6 is 0 Å². The second-order valence-corrected chi connectivity index (χ2v) is 6.93. The van der Waals surface area contributed by atoms with Crippen molar-refractivity contribution in [2.24, 2.45) is 0 Å². The first-order valence-corrected chi connectivity index (χ1v) is 8.41. The highest BCUT2D eigenvalue weighted by atomic mass is 16.3. The number of aliphatic hydroxyl groups is 1. The Hall–Kier alpha value is -2.66. The zero-order valence-corrected chi connectivity index (χ0v) is 14.1. The molecule has 0 spiro atoms.